The van der Waals surface area contributed by atoms with Crippen LogP contribution in [-0.4, -0.2) is 13.1 Å². The molecule has 18 heavy (non-hydrogen) atoms. The summed E-state index contributed by atoms with van der Waals surface area (Å²) in [6.07, 6.45) is 6.37. The summed E-state index contributed by atoms with van der Waals surface area (Å²) >= 11 is 0. The molecule has 0 saturated carbocycles. The third-order valence-electron chi connectivity index (χ3n) is 3.52. The highest BCUT2D eigenvalue weighted by molar-refractivity contribution is 5.40. The summed E-state index contributed by atoms with van der Waals surface area (Å²) < 4.78 is 0. The fraction of sp³-hybridized carbons (Fsp3) is 0.625. The number of anilines is 1. The van der Waals surface area contributed by atoms with Gasteiger partial charge in [0.05, 0.1) is 0 Å². The molecule has 2 heteroatoms. The Morgan fingerprint density at radius 2 is 2.11 bits per heavy atom. The van der Waals surface area contributed by atoms with Gasteiger partial charge in [-0.2, -0.15) is 0 Å². The molecule has 0 fully saturated rings. The number of hydrogen-bond donors (Lipinski definition) is 2. The molecule has 1 unspecified atom stereocenters. The first-order valence-corrected chi connectivity index (χ1v) is 7.31. The number of unbranched alkanes of at least 4 members (excludes halogenated alkanes) is 1. The lowest BCUT2D eigenvalue weighted by Crippen LogP contribution is -2.24. The van der Waals surface area contributed by atoms with Gasteiger partial charge in [0.15, 0.2) is 0 Å². The zero-order valence-corrected chi connectivity index (χ0v) is 11.9. The molecule has 0 bridgehead atoms. The van der Waals surface area contributed by atoms with Gasteiger partial charge in [-0.25, -0.2) is 0 Å². The average molecular weight is 248 g/mol. The maximum atomic E-state index is 5.77. The molecule has 2 nitrogen and oxygen atoms in total. The molecule has 0 saturated heterocycles. The molecule has 0 aromatic heterocycles. The van der Waals surface area contributed by atoms with Gasteiger partial charge in [0.1, 0.15) is 0 Å². The van der Waals surface area contributed by atoms with Crippen molar-refractivity contribution < 1.29 is 0 Å². The summed E-state index contributed by atoms with van der Waals surface area (Å²) in [5.74, 6) is 0.839. The second-order valence-corrected chi connectivity index (χ2v) is 5.12. The molecular weight excluding hydrogens is 220 g/mol. The first kappa shape index (κ1) is 15.0. The molecule has 0 radical (unpaired) electrons. The van der Waals surface area contributed by atoms with Gasteiger partial charge in [-0.05, 0) is 49.5 Å². The van der Waals surface area contributed by atoms with Gasteiger partial charge < -0.3 is 11.1 Å². The van der Waals surface area contributed by atoms with Crippen LogP contribution in [0.4, 0.5) is 5.69 Å². The lowest BCUT2D eigenvalue weighted by Gasteiger charge is -2.15. The minimum atomic E-state index is 0.839. The second-order valence-electron chi connectivity index (χ2n) is 5.12. The number of hydrogen-bond acceptors (Lipinski definition) is 2. The van der Waals surface area contributed by atoms with Crippen molar-refractivity contribution in [2.45, 2.75) is 46.0 Å². The standard InChI is InChI=1S/C16H28N2/c1-3-5-7-14(4-2)13-18-11-10-15-8-6-9-16(17)12-15/h6,8-9,12,14,18H,3-5,7,10-11,13,17H2,1-2H3. The zero-order chi connectivity index (χ0) is 13.2. The third-order valence-corrected chi connectivity index (χ3v) is 3.52. The van der Waals surface area contributed by atoms with Crippen molar-refractivity contribution in [1.29, 1.82) is 0 Å². The topological polar surface area (TPSA) is 38.0 Å². The molecule has 3 N–H and O–H groups in total. The summed E-state index contributed by atoms with van der Waals surface area (Å²) in [7, 11) is 0. The lowest BCUT2D eigenvalue weighted by atomic mass is 9.99. The van der Waals surface area contributed by atoms with Crippen molar-refractivity contribution in [1.82, 2.24) is 5.32 Å². The highest BCUT2D eigenvalue weighted by Gasteiger charge is 2.04. The van der Waals surface area contributed by atoms with Crippen molar-refractivity contribution in [3.05, 3.63) is 29.8 Å². The molecule has 1 aromatic carbocycles. The third kappa shape index (κ3) is 6.06. The Morgan fingerprint density at radius 3 is 2.78 bits per heavy atom. The molecule has 0 aliphatic rings. The maximum absolute atomic E-state index is 5.77. The van der Waals surface area contributed by atoms with Gasteiger partial charge in [0.25, 0.3) is 0 Å². The van der Waals surface area contributed by atoms with Crippen LogP contribution in [0.3, 0.4) is 0 Å². The van der Waals surface area contributed by atoms with E-state index >= 15 is 0 Å². The molecule has 102 valence electrons. The van der Waals surface area contributed by atoms with Crippen LogP contribution in [0.15, 0.2) is 24.3 Å². The Hall–Kier alpha value is -1.02. The molecule has 1 rings (SSSR count). The molecule has 1 atom stereocenters. The van der Waals surface area contributed by atoms with Crippen LogP contribution in [0.5, 0.6) is 0 Å². The molecule has 0 aliphatic carbocycles. The van der Waals surface area contributed by atoms with Crippen molar-refractivity contribution in [3.63, 3.8) is 0 Å². The Kier molecular flexibility index (Phi) is 7.51. The first-order valence-electron chi connectivity index (χ1n) is 7.31. The Balaban J connectivity index is 2.17. The smallest absolute Gasteiger partial charge is 0.0316 e. The highest BCUT2D eigenvalue weighted by Crippen LogP contribution is 2.11. The Morgan fingerprint density at radius 1 is 1.28 bits per heavy atom. The molecule has 0 heterocycles. The minimum Gasteiger partial charge on any atom is -0.399 e. The van der Waals surface area contributed by atoms with Crippen LogP contribution >= 0.6 is 0 Å². The highest BCUT2D eigenvalue weighted by atomic mass is 14.8. The molecule has 0 spiro atoms. The van der Waals surface area contributed by atoms with Crippen LogP contribution in [0.1, 0.15) is 45.1 Å². The van der Waals surface area contributed by atoms with E-state index in [2.05, 4.69) is 31.3 Å². The summed E-state index contributed by atoms with van der Waals surface area (Å²) in [5.41, 5.74) is 7.95. The van der Waals surface area contributed by atoms with E-state index in [0.717, 1.165) is 31.1 Å². The number of nitrogens with one attached hydrogen (secondary N) is 1. The molecule has 1 aromatic rings. The van der Waals surface area contributed by atoms with E-state index in [0.29, 0.717) is 0 Å². The van der Waals surface area contributed by atoms with Crippen LogP contribution in [0.2, 0.25) is 0 Å². The van der Waals surface area contributed by atoms with Crippen molar-refractivity contribution in [2.75, 3.05) is 18.8 Å². The number of nitrogens with two attached hydrogens (primary N) is 1. The largest absolute Gasteiger partial charge is 0.399 e. The van der Waals surface area contributed by atoms with E-state index in [1.807, 2.05) is 12.1 Å². The summed E-state index contributed by atoms with van der Waals surface area (Å²) in [4.78, 5) is 0. The fourth-order valence-corrected chi connectivity index (χ4v) is 2.23. The monoisotopic (exact) mass is 248 g/mol. The fourth-order valence-electron chi connectivity index (χ4n) is 2.23. The van der Waals surface area contributed by atoms with E-state index < -0.39 is 0 Å². The number of rotatable bonds is 9. The van der Waals surface area contributed by atoms with Crippen molar-refractivity contribution in [2.24, 2.45) is 5.92 Å². The van der Waals surface area contributed by atoms with Gasteiger partial charge in [0, 0.05) is 5.69 Å². The van der Waals surface area contributed by atoms with Gasteiger partial charge >= 0.3 is 0 Å². The van der Waals surface area contributed by atoms with E-state index in [9.17, 15) is 0 Å². The van der Waals surface area contributed by atoms with Crippen molar-refractivity contribution in [3.8, 4) is 0 Å². The average Bonchev–Trinajstić information content (AvgIpc) is 2.38. The molecule has 0 aliphatic heterocycles. The lowest BCUT2D eigenvalue weighted by molar-refractivity contribution is 0.421. The quantitative estimate of drug-likeness (QED) is 0.517. The van der Waals surface area contributed by atoms with E-state index in [1.165, 1.54) is 31.2 Å². The summed E-state index contributed by atoms with van der Waals surface area (Å²) in [5, 5.41) is 3.57. The van der Waals surface area contributed by atoms with Crippen molar-refractivity contribution >= 4 is 5.69 Å². The summed E-state index contributed by atoms with van der Waals surface area (Å²) in [6, 6.07) is 8.18. The van der Waals surface area contributed by atoms with Gasteiger partial charge in [-0.1, -0.05) is 45.2 Å². The Bertz CT molecular complexity index is 323. The minimum absolute atomic E-state index is 0.839. The second kappa shape index (κ2) is 8.98. The maximum Gasteiger partial charge on any atom is 0.0316 e. The first-order chi connectivity index (χ1) is 8.76. The molecular formula is C16H28N2. The van der Waals surface area contributed by atoms with Crippen LogP contribution in [0.25, 0.3) is 0 Å². The number of benzene rings is 1. The zero-order valence-electron chi connectivity index (χ0n) is 11.9. The predicted octanol–water partition coefficient (Wildman–Crippen LogP) is 3.62. The van der Waals surface area contributed by atoms with Gasteiger partial charge in [0.2, 0.25) is 0 Å². The Labute approximate surface area is 112 Å². The van der Waals surface area contributed by atoms with Crippen LogP contribution in [0, 0.1) is 5.92 Å². The van der Waals surface area contributed by atoms with E-state index in [1.54, 1.807) is 0 Å². The van der Waals surface area contributed by atoms with Crippen LogP contribution in [-0.2, 0) is 6.42 Å². The summed E-state index contributed by atoms with van der Waals surface area (Å²) in [6.45, 7) is 6.75. The normalized spacial score (nSPS) is 12.6. The van der Waals surface area contributed by atoms with E-state index in [-0.39, 0.29) is 0 Å². The predicted molar refractivity (Wildman–Crippen MR) is 80.7 cm³/mol. The van der Waals surface area contributed by atoms with Gasteiger partial charge in [-0.15, -0.1) is 0 Å². The number of nitrogen functional groups attached to an aromatic ring is 1. The van der Waals surface area contributed by atoms with Gasteiger partial charge in [-0.3, -0.25) is 0 Å². The SMILES string of the molecule is CCCCC(CC)CNCCc1cccc(N)c1. The molecule has 0 amide bonds. The van der Waals surface area contributed by atoms with Crippen LogP contribution < -0.4 is 11.1 Å². The van der Waals surface area contributed by atoms with E-state index in [4.69, 9.17) is 5.73 Å².